The maximum atomic E-state index is 13.3. The van der Waals surface area contributed by atoms with E-state index < -0.39 is 17.6 Å². The number of hydrogen-bond acceptors (Lipinski definition) is 4. The van der Waals surface area contributed by atoms with Crippen molar-refractivity contribution in [2.75, 3.05) is 5.32 Å². The lowest BCUT2D eigenvalue weighted by atomic mass is 10.0. The fourth-order valence-corrected chi connectivity index (χ4v) is 3.49. The van der Waals surface area contributed by atoms with Crippen molar-refractivity contribution in [2.45, 2.75) is 38.4 Å². The number of carbonyl (C=O) groups excluding carboxylic acids is 2. The number of nitrogens with one attached hydrogen (secondary N) is 2. The Bertz CT molecular complexity index is 1300. The highest BCUT2D eigenvalue weighted by molar-refractivity contribution is 6.02. The second-order valence-corrected chi connectivity index (χ2v) is 8.34. The quantitative estimate of drug-likeness (QED) is 0.376. The smallest absolute Gasteiger partial charge is 0.416 e. The van der Waals surface area contributed by atoms with E-state index in [9.17, 15) is 22.8 Å². The molecule has 0 bridgehead atoms. The fraction of sp³-hybridized carbons (Fsp3) is 0.222. The number of ether oxygens (including phenoxy) is 1. The van der Waals surface area contributed by atoms with Crippen LogP contribution >= 0.6 is 0 Å². The van der Waals surface area contributed by atoms with Crippen LogP contribution in [0.3, 0.4) is 0 Å². The molecule has 6 nitrogen and oxygen atoms in total. The number of amides is 2. The molecule has 0 spiro atoms. The third kappa shape index (κ3) is 6.71. The minimum Gasteiger partial charge on any atom is -0.457 e. The second-order valence-electron chi connectivity index (χ2n) is 8.34. The van der Waals surface area contributed by atoms with Crippen LogP contribution in [0, 0.1) is 0 Å². The molecule has 0 radical (unpaired) electrons. The SMILES string of the molecule is CCc1ccc(NC(=O)/C=C/c2cccc(Oc3ccnc(C(=O)NC4CC4)c3)c2)cc1C(F)(F)F. The Morgan fingerprint density at radius 3 is 2.58 bits per heavy atom. The van der Waals surface area contributed by atoms with Crippen LogP contribution in [0.4, 0.5) is 18.9 Å². The molecule has 1 aliphatic rings. The molecular weight excluding hydrogens is 471 g/mol. The van der Waals surface area contributed by atoms with Crippen LogP contribution in [0.25, 0.3) is 6.08 Å². The van der Waals surface area contributed by atoms with Gasteiger partial charge in [-0.2, -0.15) is 13.2 Å². The van der Waals surface area contributed by atoms with Crippen molar-refractivity contribution < 1.29 is 27.5 Å². The largest absolute Gasteiger partial charge is 0.457 e. The van der Waals surface area contributed by atoms with Crippen molar-refractivity contribution in [3.63, 3.8) is 0 Å². The van der Waals surface area contributed by atoms with Gasteiger partial charge in [-0.3, -0.25) is 14.6 Å². The summed E-state index contributed by atoms with van der Waals surface area (Å²) in [6.45, 7) is 1.64. The van der Waals surface area contributed by atoms with E-state index in [1.165, 1.54) is 30.5 Å². The van der Waals surface area contributed by atoms with E-state index in [2.05, 4.69) is 15.6 Å². The molecule has 9 heteroatoms. The number of alkyl halides is 3. The number of aryl methyl sites for hydroxylation is 1. The zero-order chi connectivity index (χ0) is 25.7. The molecule has 2 amide bonds. The Morgan fingerprint density at radius 1 is 1.08 bits per heavy atom. The van der Waals surface area contributed by atoms with Gasteiger partial charge in [0.05, 0.1) is 5.56 Å². The van der Waals surface area contributed by atoms with Gasteiger partial charge < -0.3 is 15.4 Å². The molecule has 36 heavy (non-hydrogen) atoms. The number of hydrogen-bond donors (Lipinski definition) is 2. The molecule has 2 N–H and O–H groups in total. The zero-order valence-electron chi connectivity index (χ0n) is 19.4. The average Bonchev–Trinajstić information content (AvgIpc) is 3.66. The van der Waals surface area contributed by atoms with Crippen molar-refractivity contribution in [1.29, 1.82) is 0 Å². The lowest BCUT2D eigenvalue weighted by molar-refractivity contribution is -0.138. The molecule has 4 rings (SSSR count). The Balaban J connectivity index is 1.40. The first-order valence-corrected chi connectivity index (χ1v) is 11.5. The summed E-state index contributed by atoms with van der Waals surface area (Å²) in [6, 6.07) is 14.0. The van der Waals surface area contributed by atoms with E-state index >= 15 is 0 Å². The van der Waals surface area contributed by atoms with Gasteiger partial charge in [-0.15, -0.1) is 0 Å². The summed E-state index contributed by atoms with van der Waals surface area (Å²) < 4.78 is 45.6. The van der Waals surface area contributed by atoms with Gasteiger partial charge in [0, 0.05) is 30.1 Å². The summed E-state index contributed by atoms with van der Waals surface area (Å²) in [4.78, 5) is 28.6. The Kier molecular flexibility index (Phi) is 7.38. The zero-order valence-corrected chi connectivity index (χ0v) is 19.4. The van der Waals surface area contributed by atoms with Crippen LogP contribution in [0.15, 0.2) is 66.9 Å². The maximum absolute atomic E-state index is 13.3. The van der Waals surface area contributed by atoms with E-state index in [4.69, 9.17) is 4.74 Å². The highest BCUT2D eigenvalue weighted by Crippen LogP contribution is 2.34. The summed E-state index contributed by atoms with van der Waals surface area (Å²) in [5, 5.41) is 5.33. The standard InChI is InChI=1S/C27H24F3N3O3/c1-2-18-7-8-20(15-23(18)27(28,29)30)32-25(34)11-6-17-4-3-5-21(14-17)36-22-12-13-31-24(16-22)26(35)33-19-9-10-19/h3-8,11-16,19H,2,9-10H2,1H3,(H,32,34)(H,33,35)/b11-6+. The number of rotatable bonds is 8. The van der Waals surface area contributed by atoms with Gasteiger partial charge in [0.2, 0.25) is 5.91 Å². The Labute approximate surface area is 206 Å². The van der Waals surface area contributed by atoms with E-state index in [-0.39, 0.29) is 35.3 Å². The van der Waals surface area contributed by atoms with Gasteiger partial charge in [-0.1, -0.05) is 25.1 Å². The van der Waals surface area contributed by atoms with Crippen molar-refractivity contribution in [1.82, 2.24) is 10.3 Å². The highest BCUT2D eigenvalue weighted by atomic mass is 19.4. The van der Waals surface area contributed by atoms with Crippen LogP contribution in [-0.2, 0) is 17.4 Å². The van der Waals surface area contributed by atoms with Crippen LogP contribution in [0.2, 0.25) is 0 Å². The number of benzene rings is 2. The van der Waals surface area contributed by atoms with Gasteiger partial charge in [-0.25, -0.2) is 0 Å². The normalized spacial score (nSPS) is 13.4. The summed E-state index contributed by atoms with van der Waals surface area (Å²) >= 11 is 0. The number of aromatic nitrogens is 1. The summed E-state index contributed by atoms with van der Waals surface area (Å²) in [6.07, 6.45) is 1.92. The van der Waals surface area contributed by atoms with Gasteiger partial charge in [0.15, 0.2) is 0 Å². The first kappa shape index (κ1) is 25.0. The van der Waals surface area contributed by atoms with Crippen molar-refractivity contribution >= 4 is 23.6 Å². The first-order chi connectivity index (χ1) is 17.2. The highest BCUT2D eigenvalue weighted by Gasteiger charge is 2.33. The third-order valence-electron chi connectivity index (χ3n) is 5.46. The van der Waals surface area contributed by atoms with Gasteiger partial charge in [0.25, 0.3) is 5.91 Å². The lowest BCUT2D eigenvalue weighted by Crippen LogP contribution is -2.26. The molecule has 0 aliphatic heterocycles. The van der Waals surface area contributed by atoms with Crippen LogP contribution in [0.1, 0.15) is 46.9 Å². The monoisotopic (exact) mass is 495 g/mol. The third-order valence-corrected chi connectivity index (χ3v) is 5.46. The minimum atomic E-state index is -4.50. The summed E-state index contributed by atoms with van der Waals surface area (Å²) in [5.41, 5.74) is 0.359. The van der Waals surface area contributed by atoms with Gasteiger partial charge in [-0.05, 0) is 66.8 Å². The number of halogens is 3. The second kappa shape index (κ2) is 10.6. The lowest BCUT2D eigenvalue weighted by Gasteiger charge is -2.13. The molecular formula is C27H24F3N3O3. The van der Waals surface area contributed by atoms with Crippen molar-refractivity contribution in [2.24, 2.45) is 0 Å². The molecule has 186 valence electrons. The predicted molar refractivity (Wildman–Crippen MR) is 130 cm³/mol. The first-order valence-electron chi connectivity index (χ1n) is 11.5. The van der Waals surface area contributed by atoms with Gasteiger partial charge >= 0.3 is 6.18 Å². The van der Waals surface area contributed by atoms with Crippen LogP contribution in [-0.4, -0.2) is 22.8 Å². The predicted octanol–water partition coefficient (Wildman–Crippen LogP) is 6.00. The number of carbonyl (C=O) groups is 2. The molecule has 1 fully saturated rings. The van der Waals surface area contributed by atoms with Crippen molar-refractivity contribution in [3.8, 4) is 11.5 Å². The molecule has 1 saturated carbocycles. The molecule has 1 heterocycles. The summed E-state index contributed by atoms with van der Waals surface area (Å²) in [5.74, 6) is 0.0829. The minimum absolute atomic E-state index is 0.0606. The molecule has 0 saturated heterocycles. The van der Waals surface area contributed by atoms with E-state index in [1.54, 1.807) is 43.3 Å². The van der Waals surface area contributed by atoms with Crippen molar-refractivity contribution in [3.05, 3.63) is 89.3 Å². The Morgan fingerprint density at radius 2 is 1.86 bits per heavy atom. The molecule has 0 unspecified atom stereocenters. The number of pyridine rings is 1. The average molecular weight is 496 g/mol. The van der Waals surface area contributed by atoms with E-state index in [1.807, 2.05) is 0 Å². The Hall–Kier alpha value is -4.14. The summed E-state index contributed by atoms with van der Waals surface area (Å²) in [7, 11) is 0. The molecule has 1 aliphatic carbocycles. The molecule has 2 aromatic carbocycles. The maximum Gasteiger partial charge on any atom is 0.416 e. The van der Waals surface area contributed by atoms with E-state index in [0.717, 1.165) is 18.9 Å². The van der Waals surface area contributed by atoms with Gasteiger partial charge in [0.1, 0.15) is 17.2 Å². The number of anilines is 1. The van der Waals surface area contributed by atoms with E-state index in [0.29, 0.717) is 17.1 Å². The molecule has 0 atom stereocenters. The molecule has 1 aromatic heterocycles. The number of nitrogens with zero attached hydrogens (tertiary/aromatic N) is 1. The fourth-order valence-electron chi connectivity index (χ4n) is 3.49. The van der Waals surface area contributed by atoms with Crippen LogP contribution in [0.5, 0.6) is 11.5 Å². The topological polar surface area (TPSA) is 80.3 Å². The molecule has 3 aromatic rings. The van der Waals surface area contributed by atoms with Crippen LogP contribution < -0.4 is 15.4 Å².